The Morgan fingerprint density at radius 1 is 1.06 bits per heavy atom. The summed E-state index contributed by atoms with van der Waals surface area (Å²) in [4.78, 5) is 67.3. The van der Waals surface area contributed by atoms with E-state index in [1.807, 2.05) is 0 Å². The molecular formula is C32H35ClF3N7O4. The summed E-state index contributed by atoms with van der Waals surface area (Å²) in [5, 5.41) is 0.318. The molecule has 0 radical (unpaired) electrons. The number of likely N-dealkylation sites (N-methyl/N-ethyl adjacent to an activating group) is 1. The first-order chi connectivity index (χ1) is 22.3. The topological polar surface area (TPSA) is 101 Å². The molecule has 250 valence electrons. The quantitative estimate of drug-likeness (QED) is 0.450. The van der Waals surface area contributed by atoms with Crippen LogP contribution in [0.25, 0.3) is 0 Å². The molecule has 4 aliphatic heterocycles. The summed E-state index contributed by atoms with van der Waals surface area (Å²) in [6, 6.07) is 5.79. The number of amides is 4. The van der Waals surface area contributed by atoms with Crippen molar-refractivity contribution in [1.29, 1.82) is 0 Å². The Morgan fingerprint density at radius 3 is 2.43 bits per heavy atom. The van der Waals surface area contributed by atoms with Gasteiger partial charge in [0.1, 0.15) is 11.9 Å². The second kappa shape index (κ2) is 12.5. The SMILES string of the molecule is C=CC(=O)N1CC(N2CCN(C(=O)CN3C[C@H]4CC(=O)N(c5cc(C(F)(F)F)cc(C)n5)[C@@H]4C(=O)N(C)c4cccc(Cl)c43)CC2)C1. The molecule has 3 saturated heterocycles. The van der Waals surface area contributed by atoms with Gasteiger partial charge >= 0.3 is 6.18 Å². The predicted molar refractivity (Wildman–Crippen MR) is 169 cm³/mol. The Morgan fingerprint density at radius 2 is 1.77 bits per heavy atom. The van der Waals surface area contributed by atoms with Crippen molar-refractivity contribution >= 4 is 52.4 Å². The summed E-state index contributed by atoms with van der Waals surface area (Å²) in [5.41, 5.74) is -0.0280. The largest absolute Gasteiger partial charge is 0.416 e. The van der Waals surface area contributed by atoms with E-state index < -0.39 is 35.5 Å². The third kappa shape index (κ3) is 6.16. The zero-order valence-electron chi connectivity index (χ0n) is 26.0. The number of nitrogens with zero attached hydrogens (tertiary/aromatic N) is 7. The van der Waals surface area contributed by atoms with Crippen LogP contribution < -0.4 is 14.7 Å². The molecule has 0 N–H and O–H groups in total. The summed E-state index contributed by atoms with van der Waals surface area (Å²) in [6.45, 7) is 8.48. The molecule has 0 unspecified atom stereocenters. The number of aromatic nitrogens is 1. The van der Waals surface area contributed by atoms with E-state index in [-0.39, 0.29) is 48.9 Å². The molecule has 47 heavy (non-hydrogen) atoms. The van der Waals surface area contributed by atoms with E-state index in [4.69, 9.17) is 11.6 Å². The van der Waals surface area contributed by atoms with Crippen LogP contribution in [-0.2, 0) is 25.4 Å². The number of aryl methyl sites for hydroxylation is 1. The lowest BCUT2D eigenvalue weighted by Gasteiger charge is -2.48. The van der Waals surface area contributed by atoms with Crippen molar-refractivity contribution in [2.24, 2.45) is 5.92 Å². The van der Waals surface area contributed by atoms with Gasteiger partial charge in [-0.25, -0.2) is 4.98 Å². The Balaban J connectivity index is 1.24. The highest BCUT2D eigenvalue weighted by atomic mass is 35.5. The van der Waals surface area contributed by atoms with Crippen LogP contribution in [-0.4, -0.2) is 115 Å². The van der Waals surface area contributed by atoms with Gasteiger partial charge in [0.25, 0.3) is 0 Å². The van der Waals surface area contributed by atoms with E-state index in [1.54, 1.807) is 32.9 Å². The lowest BCUT2D eigenvalue weighted by molar-refractivity contribution is -0.138. The average Bonchev–Trinajstić information content (AvgIpc) is 3.33. The summed E-state index contributed by atoms with van der Waals surface area (Å²) in [7, 11) is 1.52. The number of fused-ring (bicyclic) bond motifs is 2. The molecule has 4 amide bonds. The van der Waals surface area contributed by atoms with Crippen LogP contribution in [0.1, 0.15) is 17.7 Å². The highest BCUT2D eigenvalue weighted by Crippen LogP contribution is 2.43. The first-order valence-electron chi connectivity index (χ1n) is 15.4. The number of pyridine rings is 1. The number of carbonyl (C=O) groups is 4. The fourth-order valence-electron chi connectivity index (χ4n) is 7.00. The maximum absolute atomic E-state index is 14.0. The number of anilines is 3. The van der Waals surface area contributed by atoms with Gasteiger partial charge in [-0.3, -0.25) is 29.0 Å². The van der Waals surface area contributed by atoms with Crippen molar-refractivity contribution in [3.8, 4) is 0 Å². The molecule has 4 aliphatic rings. The Kier molecular flexibility index (Phi) is 8.68. The summed E-state index contributed by atoms with van der Waals surface area (Å²) >= 11 is 6.70. The number of para-hydroxylation sites is 1. The Bertz CT molecular complexity index is 1620. The van der Waals surface area contributed by atoms with Crippen molar-refractivity contribution in [2.75, 3.05) is 74.1 Å². The molecule has 11 nitrogen and oxygen atoms in total. The normalized spacial score (nSPS) is 22.5. The molecular weight excluding hydrogens is 639 g/mol. The van der Waals surface area contributed by atoms with Crippen molar-refractivity contribution in [1.82, 2.24) is 19.7 Å². The molecule has 2 aromatic rings. The molecule has 0 spiro atoms. The van der Waals surface area contributed by atoms with Crippen molar-refractivity contribution < 1.29 is 32.3 Å². The molecule has 2 atom stereocenters. The second-order valence-corrected chi connectivity index (χ2v) is 12.8. The van der Waals surface area contributed by atoms with Gasteiger partial charge in [0, 0.05) is 76.9 Å². The van der Waals surface area contributed by atoms with Gasteiger partial charge < -0.3 is 19.6 Å². The van der Waals surface area contributed by atoms with Crippen LogP contribution >= 0.6 is 11.6 Å². The van der Waals surface area contributed by atoms with Crippen LogP contribution in [0, 0.1) is 12.8 Å². The number of benzene rings is 1. The minimum Gasteiger partial charge on any atom is -0.359 e. The minimum atomic E-state index is -4.67. The van der Waals surface area contributed by atoms with E-state index in [1.165, 1.54) is 24.9 Å². The molecule has 1 aromatic heterocycles. The number of rotatable bonds is 5. The van der Waals surface area contributed by atoms with Gasteiger partial charge in [-0.05, 0) is 37.3 Å². The number of piperazine rings is 1. The molecule has 0 bridgehead atoms. The highest BCUT2D eigenvalue weighted by molar-refractivity contribution is 6.34. The maximum atomic E-state index is 14.0. The van der Waals surface area contributed by atoms with Gasteiger partial charge in [-0.15, -0.1) is 0 Å². The third-order valence-electron chi connectivity index (χ3n) is 9.48. The molecule has 1 aromatic carbocycles. The summed E-state index contributed by atoms with van der Waals surface area (Å²) in [5.74, 6) is -2.18. The number of likely N-dealkylation sites (tertiary alicyclic amines) is 1. The van der Waals surface area contributed by atoms with Crippen LogP contribution in [0.4, 0.5) is 30.4 Å². The molecule has 6 rings (SSSR count). The van der Waals surface area contributed by atoms with E-state index in [0.29, 0.717) is 55.7 Å². The third-order valence-corrected chi connectivity index (χ3v) is 9.79. The van der Waals surface area contributed by atoms with Gasteiger partial charge in [-0.1, -0.05) is 24.2 Å². The average molecular weight is 674 g/mol. The number of hydrogen-bond donors (Lipinski definition) is 0. The van der Waals surface area contributed by atoms with Crippen LogP contribution in [0.5, 0.6) is 0 Å². The Labute approximate surface area is 275 Å². The number of alkyl halides is 3. The molecule has 3 fully saturated rings. The highest BCUT2D eigenvalue weighted by Gasteiger charge is 2.50. The second-order valence-electron chi connectivity index (χ2n) is 12.4. The fraction of sp³-hybridized carbons (Fsp3) is 0.469. The van der Waals surface area contributed by atoms with E-state index in [9.17, 15) is 32.3 Å². The molecule has 5 heterocycles. The zero-order chi connectivity index (χ0) is 33.8. The van der Waals surface area contributed by atoms with E-state index in [2.05, 4.69) is 16.5 Å². The fourth-order valence-corrected chi connectivity index (χ4v) is 7.29. The van der Waals surface area contributed by atoms with Crippen molar-refractivity contribution in [2.45, 2.75) is 31.6 Å². The number of hydrogen-bond acceptors (Lipinski definition) is 7. The van der Waals surface area contributed by atoms with E-state index in [0.717, 1.165) is 17.0 Å². The number of halogens is 4. The number of carbonyl (C=O) groups excluding carboxylic acids is 4. The molecule has 15 heteroatoms. The lowest BCUT2D eigenvalue weighted by atomic mass is 9.95. The smallest absolute Gasteiger partial charge is 0.359 e. The van der Waals surface area contributed by atoms with Crippen molar-refractivity contribution in [3.05, 3.63) is 59.3 Å². The maximum Gasteiger partial charge on any atom is 0.416 e. The van der Waals surface area contributed by atoms with Gasteiger partial charge in [-0.2, -0.15) is 13.2 Å². The minimum absolute atomic E-state index is 0.0575. The lowest BCUT2D eigenvalue weighted by Crippen LogP contribution is -2.64. The predicted octanol–water partition coefficient (Wildman–Crippen LogP) is 2.81. The standard InChI is InChI=1S/C32H35ClF3N7O4/c1-4-26(44)41-16-22(17-41)39-8-10-40(11-9-39)28(46)18-42-15-20-13-27(45)43(25-14-21(32(34,35)36)12-19(2)37-25)29(20)31(47)38(3)24-7-5-6-23(33)30(24)42/h4-7,12,14,20,22,29H,1,8-11,13,15-18H2,2-3H3/t20-,29+/m1/s1. The van der Waals surface area contributed by atoms with Crippen LogP contribution in [0.2, 0.25) is 5.02 Å². The van der Waals surface area contributed by atoms with Gasteiger partial charge in [0.15, 0.2) is 0 Å². The van der Waals surface area contributed by atoms with Crippen LogP contribution in [0.15, 0.2) is 43.0 Å². The zero-order valence-corrected chi connectivity index (χ0v) is 26.8. The Hall–Kier alpha value is -4.17. The molecule has 0 saturated carbocycles. The summed E-state index contributed by atoms with van der Waals surface area (Å²) < 4.78 is 41.1. The van der Waals surface area contributed by atoms with Crippen molar-refractivity contribution in [3.63, 3.8) is 0 Å². The summed E-state index contributed by atoms with van der Waals surface area (Å²) in [6.07, 6.45) is -3.50. The van der Waals surface area contributed by atoms with Crippen LogP contribution in [0.3, 0.4) is 0 Å². The van der Waals surface area contributed by atoms with Gasteiger partial charge in [0.2, 0.25) is 23.6 Å². The van der Waals surface area contributed by atoms with E-state index >= 15 is 0 Å². The van der Waals surface area contributed by atoms with Gasteiger partial charge in [0.05, 0.1) is 28.5 Å². The first-order valence-corrected chi connectivity index (χ1v) is 15.8. The monoisotopic (exact) mass is 673 g/mol. The molecule has 0 aliphatic carbocycles. The first kappa shape index (κ1) is 32.8.